The Bertz CT molecular complexity index is 582. The van der Waals surface area contributed by atoms with E-state index >= 15 is 0 Å². The van der Waals surface area contributed by atoms with Crippen LogP contribution in [-0.2, 0) is 16.1 Å². The molecule has 2 heterocycles. The van der Waals surface area contributed by atoms with Crippen LogP contribution in [0.5, 0.6) is 0 Å². The summed E-state index contributed by atoms with van der Waals surface area (Å²) in [6.45, 7) is 7.23. The first kappa shape index (κ1) is 17.5. The van der Waals surface area contributed by atoms with Crippen molar-refractivity contribution in [3.05, 3.63) is 17.5 Å². The molecule has 0 spiro atoms. The molecule has 2 atom stereocenters. The van der Waals surface area contributed by atoms with Crippen LogP contribution in [0.15, 0.2) is 6.20 Å². The predicted molar refractivity (Wildman–Crippen MR) is 84.3 cm³/mol. The van der Waals surface area contributed by atoms with Gasteiger partial charge in [-0.1, -0.05) is 13.8 Å². The number of likely N-dealkylation sites (tertiary alicyclic amines) is 1. The molecule has 23 heavy (non-hydrogen) atoms. The largest absolute Gasteiger partial charge is 0.481 e. The van der Waals surface area contributed by atoms with Gasteiger partial charge in [0.1, 0.15) is 0 Å². The van der Waals surface area contributed by atoms with Gasteiger partial charge in [0.2, 0.25) is 0 Å². The van der Waals surface area contributed by atoms with Crippen LogP contribution < -0.4 is 0 Å². The molecule has 0 radical (unpaired) electrons. The van der Waals surface area contributed by atoms with Gasteiger partial charge >= 0.3 is 5.97 Å². The van der Waals surface area contributed by atoms with E-state index in [0.29, 0.717) is 24.4 Å². The maximum Gasteiger partial charge on any atom is 0.305 e. The van der Waals surface area contributed by atoms with Crippen molar-refractivity contribution < 1.29 is 19.4 Å². The third kappa shape index (κ3) is 3.90. The summed E-state index contributed by atoms with van der Waals surface area (Å²) in [6, 6.07) is -0.335. The highest BCUT2D eigenvalue weighted by Gasteiger charge is 2.37. The molecular weight excluding hydrogens is 298 g/mol. The van der Waals surface area contributed by atoms with E-state index in [9.17, 15) is 9.59 Å². The lowest BCUT2D eigenvalue weighted by molar-refractivity contribution is -0.137. The van der Waals surface area contributed by atoms with Gasteiger partial charge in [0.25, 0.3) is 5.91 Å². The van der Waals surface area contributed by atoms with Crippen molar-refractivity contribution in [1.29, 1.82) is 0 Å². The van der Waals surface area contributed by atoms with E-state index < -0.39 is 5.97 Å². The van der Waals surface area contributed by atoms with Crippen molar-refractivity contribution in [2.75, 3.05) is 13.7 Å². The SMILES string of the molecule is CO[C@H]1C[C@@H](CC(=O)O)N(C(=O)c2cnn(CC(C)C)c2C)C1. The number of carbonyl (C=O) groups is 2. The first-order valence-corrected chi connectivity index (χ1v) is 7.91. The summed E-state index contributed by atoms with van der Waals surface area (Å²) in [5.74, 6) is -0.638. The van der Waals surface area contributed by atoms with Crippen LogP contribution in [0, 0.1) is 12.8 Å². The topological polar surface area (TPSA) is 84.7 Å². The van der Waals surface area contributed by atoms with E-state index in [1.807, 2.05) is 11.6 Å². The highest BCUT2D eigenvalue weighted by Crippen LogP contribution is 2.25. The normalized spacial score (nSPS) is 21.2. The molecule has 0 saturated carbocycles. The average molecular weight is 323 g/mol. The van der Waals surface area contributed by atoms with Crippen LogP contribution in [0.4, 0.5) is 0 Å². The minimum Gasteiger partial charge on any atom is -0.481 e. The zero-order valence-electron chi connectivity index (χ0n) is 14.2. The van der Waals surface area contributed by atoms with Gasteiger partial charge in [-0.05, 0) is 19.3 Å². The van der Waals surface area contributed by atoms with E-state index in [1.54, 1.807) is 18.2 Å². The average Bonchev–Trinajstić information content (AvgIpc) is 3.02. The van der Waals surface area contributed by atoms with Gasteiger partial charge in [0, 0.05) is 31.9 Å². The van der Waals surface area contributed by atoms with E-state index in [0.717, 1.165) is 12.2 Å². The summed E-state index contributed by atoms with van der Waals surface area (Å²) >= 11 is 0. The van der Waals surface area contributed by atoms with Crippen molar-refractivity contribution in [2.45, 2.75) is 52.3 Å². The standard InChI is InChI=1S/C16H25N3O4/c1-10(2)8-19-11(3)14(7-17-19)16(22)18-9-13(23-4)5-12(18)6-15(20)21/h7,10,12-13H,5-6,8-9H2,1-4H3,(H,20,21)/t12-,13-/m0/s1. The van der Waals surface area contributed by atoms with Gasteiger partial charge in [-0.15, -0.1) is 0 Å². The van der Waals surface area contributed by atoms with Gasteiger partial charge in [0.15, 0.2) is 0 Å². The van der Waals surface area contributed by atoms with E-state index in [1.165, 1.54) is 0 Å². The minimum atomic E-state index is -0.906. The number of hydrogen-bond donors (Lipinski definition) is 1. The zero-order chi connectivity index (χ0) is 17.1. The lowest BCUT2D eigenvalue weighted by atomic mass is 10.1. The molecule has 1 aliphatic rings. The maximum atomic E-state index is 12.8. The van der Waals surface area contributed by atoms with Crippen molar-refractivity contribution in [1.82, 2.24) is 14.7 Å². The second kappa shape index (κ2) is 7.12. The monoisotopic (exact) mass is 323 g/mol. The number of carbonyl (C=O) groups excluding carboxylic acids is 1. The molecule has 1 aromatic heterocycles. The smallest absolute Gasteiger partial charge is 0.305 e. The maximum absolute atomic E-state index is 12.8. The Morgan fingerprint density at radius 2 is 2.17 bits per heavy atom. The fraction of sp³-hybridized carbons (Fsp3) is 0.688. The van der Waals surface area contributed by atoms with Crippen LogP contribution in [0.25, 0.3) is 0 Å². The molecule has 1 amide bonds. The van der Waals surface area contributed by atoms with Crippen LogP contribution in [0.2, 0.25) is 0 Å². The number of methoxy groups -OCH3 is 1. The van der Waals surface area contributed by atoms with Crippen molar-refractivity contribution in [3.63, 3.8) is 0 Å². The highest BCUT2D eigenvalue weighted by molar-refractivity contribution is 5.95. The number of nitrogens with zero attached hydrogens (tertiary/aromatic N) is 3. The fourth-order valence-electron chi connectivity index (χ4n) is 3.03. The lowest BCUT2D eigenvalue weighted by Crippen LogP contribution is -2.37. The molecule has 0 unspecified atom stereocenters. The Kier molecular flexibility index (Phi) is 5.41. The summed E-state index contributed by atoms with van der Waals surface area (Å²) in [6.07, 6.45) is 1.95. The number of aromatic nitrogens is 2. The Hall–Kier alpha value is -1.89. The molecule has 128 valence electrons. The molecule has 1 saturated heterocycles. The number of hydrogen-bond acceptors (Lipinski definition) is 4. The Labute approximate surface area is 136 Å². The van der Waals surface area contributed by atoms with Crippen LogP contribution >= 0.6 is 0 Å². The Balaban J connectivity index is 2.20. The molecular formula is C16H25N3O4. The summed E-state index contributed by atoms with van der Waals surface area (Å²) in [4.78, 5) is 25.5. The van der Waals surface area contributed by atoms with Gasteiger partial charge in [-0.2, -0.15) is 5.10 Å². The molecule has 2 rings (SSSR count). The van der Waals surface area contributed by atoms with Crippen LogP contribution in [0.1, 0.15) is 42.7 Å². The number of ether oxygens (including phenoxy) is 1. The summed E-state index contributed by atoms with van der Waals surface area (Å²) in [5.41, 5.74) is 1.36. The second-order valence-electron chi connectivity index (χ2n) is 6.52. The van der Waals surface area contributed by atoms with E-state index in [-0.39, 0.29) is 24.5 Å². The van der Waals surface area contributed by atoms with Gasteiger partial charge < -0.3 is 14.7 Å². The number of rotatable bonds is 6. The quantitative estimate of drug-likeness (QED) is 0.858. The van der Waals surface area contributed by atoms with Gasteiger partial charge in [-0.3, -0.25) is 14.3 Å². The highest BCUT2D eigenvalue weighted by atomic mass is 16.5. The molecule has 1 fully saturated rings. The number of carboxylic acids is 1. The van der Waals surface area contributed by atoms with E-state index in [2.05, 4.69) is 18.9 Å². The number of carboxylic acid groups (broad SMARTS) is 1. The zero-order valence-corrected chi connectivity index (χ0v) is 14.2. The van der Waals surface area contributed by atoms with Crippen molar-refractivity contribution in [2.24, 2.45) is 5.92 Å². The Morgan fingerprint density at radius 3 is 2.74 bits per heavy atom. The first-order valence-electron chi connectivity index (χ1n) is 7.91. The second-order valence-corrected chi connectivity index (χ2v) is 6.52. The van der Waals surface area contributed by atoms with Gasteiger partial charge in [-0.25, -0.2) is 0 Å². The minimum absolute atomic E-state index is 0.0647. The lowest BCUT2D eigenvalue weighted by Gasteiger charge is -2.23. The molecule has 1 aromatic rings. The van der Waals surface area contributed by atoms with Crippen molar-refractivity contribution in [3.8, 4) is 0 Å². The molecule has 7 heteroatoms. The third-order valence-electron chi connectivity index (χ3n) is 4.25. The molecule has 0 bridgehead atoms. The first-order chi connectivity index (χ1) is 10.8. The molecule has 1 aliphatic heterocycles. The predicted octanol–water partition coefficient (Wildman–Crippen LogP) is 1.55. The Morgan fingerprint density at radius 1 is 1.48 bits per heavy atom. The number of aliphatic carboxylic acids is 1. The molecule has 0 aliphatic carbocycles. The summed E-state index contributed by atoms with van der Waals surface area (Å²) in [7, 11) is 1.59. The molecule has 7 nitrogen and oxygen atoms in total. The molecule has 0 aromatic carbocycles. The summed E-state index contributed by atoms with van der Waals surface area (Å²) < 4.78 is 7.15. The van der Waals surface area contributed by atoms with Crippen molar-refractivity contribution >= 4 is 11.9 Å². The number of amides is 1. The summed E-state index contributed by atoms with van der Waals surface area (Å²) in [5, 5.41) is 13.4. The van der Waals surface area contributed by atoms with Crippen LogP contribution in [0.3, 0.4) is 0 Å². The van der Waals surface area contributed by atoms with Gasteiger partial charge in [0.05, 0.1) is 24.3 Å². The fourth-order valence-corrected chi connectivity index (χ4v) is 3.03. The third-order valence-corrected chi connectivity index (χ3v) is 4.25. The molecule has 1 N–H and O–H groups in total. The van der Waals surface area contributed by atoms with E-state index in [4.69, 9.17) is 9.84 Å². The van der Waals surface area contributed by atoms with Crippen LogP contribution in [-0.4, -0.2) is 57.5 Å².